The van der Waals surface area contributed by atoms with Crippen molar-refractivity contribution in [1.82, 2.24) is 0 Å². The van der Waals surface area contributed by atoms with Crippen molar-refractivity contribution in [3.63, 3.8) is 0 Å². The van der Waals surface area contributed by atoms with Crippen LogP contribution in [0.3, 0.4) is 0 Å². The van der Waals surface area contributed by atoms with Gasteiger partial charge in [-0.1, -0.05) is 24.3 Å². The molecule has 0 radical (unpaired) electrons. The molecule has 88 valence electrons. The molecule has 0 amide bonds. The summed E-state index contributed by atoms with van der Waals surface area (Å²) >= 11 is 2.13. The zero-order valence-corrected chi connectivity index (χ0v) is 10.9. The van der Waals surface area contributed by atoms with Crippen LogP contribution >= 0.6 is 22.6 Å². The molecule has 1 N–H and O–H groups in total. The first-order valence-electron chi connectivity index (χ1n) is 4.97. The van der Waals surface area contributed by atoms with Crippen molar-refractivity contribution in [3.05, 3.63) is 68.8 Å². The quantitative estimate of drug-likeness (QED) is 0.823. The minimum absolute atomic E-state index is 0.0498. The predicted molar refractivity (Wildman–Crippen MR) is 69.6 cm³/mol. The normalized spacial score (nSPS) is 12.5. The third kappa shape index (κ3) is 2.63. The average molecular weight is 346 g/mol. The van der Waals surface area contributed by atoms with E-state index in [4.69, 9.17) is 0 Å². The molecule has 4 heteroatoms. The number of hydrogen-bond acceptors (Lipinski definition) is 1. The average Bonchev–Trinajstić information content (AvgIpc) is 2.33. The lowest BCUT2D eigenvalue weighted by atomic mass is 10.0. The molecule has 2 aromatic rings. The highest BCUT2D eigenvalue weighted by atomic mass is 127. The maximum atomic E-state index is 13.5. The van der Waals surface area contributed by atoms with E-state index in [0.717, 1.165) is 9.64 Å². The molecule has 1 atom stereocenters. The first kappa shape index (κ1) is 12.4. The van der Waals surface area contributed by atoms with Crippen LogP contribution in [0.1, 0.15) is 17.2 Å². The molecule has 2 aromatic carbocycles. The van der Waals surface area contributed by atoms with E-state index in [1.54, 1.807) is 24.3 Å². The minimum Gasteiger partial charge on any atom is -0.384 e. The molecule has 0 fully saturated rings. The van der Waals surface area contributed by atoms with Gasteiger partial charge in [0.15, 0.2) is 11.6 Å². The minimum atomic E-state index is -1.15. The fourth-order valence-electron chi connectivity index (χ4n) is 1.56. The third-order valence-electron chi connectivity index (χ3n) is 2.46. The lowest BCUT2D eigenvalue weighted by Crippen LogP contribution is -2.04. The molecular formula is C13H9F2IO. The number of aliphatic hydroxyl groups is 1. The second-order valence-corrected chi connectivity index (χ2v) is 4.84. The maximum absolute atomic E-state index is 13.5. The summed E-state index contributed by atoms with van der Waals surface area (Å²) in [6.45, 7) is 0. The van der Waals surface area contributed by atoms with Crippen molar-refractivity contribution in [3.8, 4) is 0 Å². The van der Waals surface area contributed by atoms with E-state index in [1.165, 1.54) is 12.1 Å². The highest BCUT2D eigenvalue weighted by Crippen LogP contribution is 2.25. The Bertz CT molecular complexity index is 525. The molecule has 2 rings (SSSR count). The van der Waals surface area contributed by atoms with Crippen molar-refractivity contribution in [2.24, 2.45) is 0 Å². The third-order valence-corrected chi connectivity index (χ3v) is 3.18. The van der Waals surface area contributed by atoms with Gasteiger partial charge in [-0.25, -0.2) is 8.78 Å². The number of rotatable bonds is 2. The maximum Gasteiger partial charge on any atom is 0.164 e. The first-order chi connectivity index (χ1) is 8.09. The van der Waals surface area contributed by atoms with Gasteiger partial charge in [-0.3, -0.25) is 0 Å². The largest absolute Gasteiger partial charge is 0.384 e. The Kier molecular flexibility index (Phi) is 3.73. The van der Waals surface area contributed by atoms with Crippen molar-refractivity contribution in [2.75, 3.05) is 0 Å². The van der Waals surface area contributed by atoms with Crippen LogP contribution in [-0.4, -0.2) is 5.11 Å². The summed E-state index contributed by atoms with van der Waals surface area (Å²) in [5, 5.41) is 9.98. The van der Waals surface area contributed by atoms with Crippen LogP contribution in [0.2, 0.25) is 0 Å². The molecule has 0 heterocycles. The van der Waals surface area contributed by atoms with Gasteiger partial charge < -0.3 is 5.11 Å². The highest BCUT2D eigenvalue weighted by Gasteiger charge is 2.17. The Hall–Kier alpha value is -1.01. The van der Waals surface area contributed by atoms with Crippen molar-refractivity contribution >= 4 is 22.6 Å². The SMILES string of the molecule is OC(c1ccc(I)cc1)c1cccc(F)c1F. The van der Waals surface area contributed by atoms with Gasteiger partial charge in [0, 0.05) is 9.13 Å². The molecule has 0 aliphatic carbocycles. The fourth-order valence-corrected chi connectivity index (χ4v) is 1.92. The monoisotopic (exact) mass is 346 g/mol. The van der Waals surface area contributed by atoms with E-state index < -0.39 is 17.7 Å². The molecule has 1 nitrogen and oxygen atoms in total. The Balaban J connectivity index is 2.40. The van der Waals surface area contributed by atoms with E-state index in [0.29, 0.717) is 5.56 Å². The summed E-state index contributed by atoms with van der Waals surface area (Å²) in [6, 6.07) is 10.8. The topological polar surface area (TPSA) is 20.2 Å². The van der Waals surface area contributed by atoms with E-state index in [1.807, 2.05) is 0 Å². The molecule has 0 saturated carbocycles. The Morgan fingerprint density at radius 3 is 2.29 bits per heavy atom. The van der Waals surface area contributed by atoms with Gasteiger partial charge in [-0.2, -0.15) is 0 Å². The lowest BCUT2D eigenvalue weighted by molar-refractivity contribution is 0.213. The summed E-state index contributed by atoms with van der Waals surface area (Å²) in [4.78, 5) is 0. The van der Waals surface area contributed by atoms with Gasteiger partial charge >= 0.3 is 0 Å². The standard InChI is InChI=1S/C13H9F2IO/c14-11-3-1-2-10(12(11)15)13(17)8-4-6-9(16)7-5-8/h1-7,13,17H. The van der Waals surface area contributed by atoms with Crippen LogP contribution in [-0.2, 0) is 0 Å². The second kappa shape index (κ2) is 5.10. The van der Waals surface area contributed by atoms with Crippen molar-refractivity contribution < 1.29 is 13.9 Å². The van der Waals surface area contributed by atoms with Crippen molar-refractivity contribution in [1.29, 1.82) is 0 Å². The van der Waals surface area contributed by atoms with Crippen LogP contribution < -0.4 is 0 Å². The van der Waals surface area contributed by atoms with Gasteiger partial charge in [-0.05, 0) is 46.4 Å². The zero-order chi connectivity index (χ0) is 12.4. The molecule has 0 aliphatic heterocycles. The predicted octanol–water partition coefficient (Wildman–Crippen LogP) is 3.65. The number of aliphatic hydroxyl groups excluding tert-OH is 1. The molecular weight excluding hydrogens is 337 g/mol. The molecule has 0 spiro atoms. The van der Waals surface area contributed by atoms with Crippen LogP contribution in [0, 0.1) is 15.2 Å². The van der Waals surface area contributed by atoms with Crippen LogP contribution in [0.5, 0.6) is 0 Å². The number of hydrogen-bond donors (Lipinski definition) is 1. The fraction of sp³-hybridized carbons (Fsp3) is 0.0769. The van der Waals surface area contributed by atoms with Gasteiger partial charge in [0.1, 0.15) is 6.10 Å². The molecule has 1 unspecified atom stereocenters. The van der Waals surface area contributed by atoms with E-state index in [9.17, 15) is 13.9 Å². The van der Waals surface area contributed by atoms with Crippen molar-refractivity contribution in [2.45, 2.75) is 6.10 Å². The van der Waals surface area contributed by atoms with Crippen LogP contribution in [0.4, 0.5) is 8.78 Å². The molecule has 0 saturated heterocycles. The molecule has 0 bridgehead atoms. The van der Waals surface area contributed by atoms with Crippen LogP contribution in [0.15, 0.2) is 42.5 Å². The van der Waals surface area contributed by atoms with Gasteiger partial charge in [0.25, 0.3) is 0 Å². The van der Waals surface area contributed by atoms with Gasteiger partial charge in [0.2, 0.25) is 0 Å². The smallest absolute Gasteiger partial charge is 0.164 e. The first-order valence-corrected chi connectivity index (χ1v) is 6.05. The van der Waals surface area contributed by atoms with Gasteiger partial charge in [0.05, 0.1) is 0 Å². The van der Waals surface area contributed by atoms with Crippen LogP contribution in [0.25, 0.3) is 0 Å². The summed E-state index contributed by atoms with van der Waals surface area (Å²) in [5.74, 6) is -1.95. The molecule has 0 aliphatic rings. The summed E-state index contributed by atoms with van der Waals surface area (Å²) in [5.41, 5.74) is 0.487. The lowest BCUT2D eigenvalue weighted by Gasteiger charge is -2.12. The Morgan fingerprint density at radius 1 is 1.00 bits per heavy atom. The van der Waals surface area contributed by atoms with E-state index in [2.05, 4.69) is 22.6 Å². The van der Waals surface area contributed by atoms with E-state index in [-0.39, 0.29) is 5.56 Å². The molecule has 0 aromatic heterocycles. The summed E-state index contributed by atoms with van der Waals surface area (Å²) in [7, 11) is 0. The van der Waals surface area contributed by atoms with E-state index >= 15 is 0 Å². The summed E-state index contributed by atoms with van der Waals surface area (Å²) < 4.78 is 27.5. The Labute approximate surface area is 111 Å². The van der Waals surface area contributed by atoms with Gasteiger partial charge in [-0.15, -0.1) is 0 Å². The zero-order valence-electron chi connectivity index (χ0n) is 8.70. The summed E-state index contributed by atoms with van der Waals surface area (Å²) in [6.07, 6.45) is -1.15. The number of benzene rings is 2. The number of halogens is 3. The second-order valence-electron chi connectivity index (χ2n) is 3.60. The molecule has 17 heavy (non-hydrogen) atoms. The Morgan fingerprint density at radius 2 is 1.65 bits per heavy atom. The highest BCUT2D eigenvalue weighted by molar-refractivity contribution is 14.1.